The van der Waals surface area contributed by atoms with E-state index in [1.165, 1.54) is 18.2 Å². The third kappa shape index (κ3) is 4.87. The zero-order valence-corrected chi connectivity index (χ0v) is 17.6. The summed E-state index contributed by atoms with van der Waals surface area (Å²) >= 11 is 0. The van der Waals surface area contributed by atoms with Crippen LogP contribution in [0.15, 0.2) is 59.1 Å². The van der Waals surface area contributed by atoms with Crippen molar-refractivity contribution in [2.75, 3.05) is 6.54 Å². The molecule has 9 heteroatoms. The highest BCUT2D eigenvalue weighted by Gasteiger charge is 2.27. The van der Waals surface area contributed by atoms with Gasteiger partial charge < -0.3 is 10.6 Å². The number of fused-ring (bicyclic) bond motifs is 1. The Hall–Kier alpha value is -4.32. The van der Waals surface area contributed by atoms with E-state index in [0.29, 0.717) is 23.6 Å². The molecule has 3 rings (SSSR count). The average Bonchev–Trinajstić information content (AvgIpc) is 3.12. The molecule has 0 radical (unpaired) electrons. The molecule has 9 nitrogen and oxygen atoms in total. The summed E-state index contributed by atoms with van der Waals surface area (Å²) in [6.07, 6.45) is 0.768. The number of non-ortho nitro benzene ring substituents is 1. The van der Waals surface area contributed by atoms with Gasteiger partial charge in [-0.1, -0.05) is 44.2 Å². The Balaban J connectivity index is 1.93. The Morgan fingerprint density at radius 1 is 1.16 bits per heavy atom. The highest BCUT2D eigenvalue weighted by Crippen LogP contribution is 2.30. The van der Waals surface area contributed by atoms with E-state index in [1.807, 2.05) is 19.9 Å². The smallest absolute Gasteiger partial charge is 0.270 e. The fourth-order valence-electron chi connectivity index (χ4n) is 3.13. The maximum absolute atomic E-state index is 12.7. The zero-order valence-electron chi connectivity index (χ0n) is 17.6. The van der Waals surface area contributed by atoms with E-state index in [-0.39, 0.29) is 28.4 Å². The van der Waals surface area contributed by atoms with Crippen LogP contribution in [-0.2, 0) is 4.79 Å². The predicted molar refractivity (Wildman–Crippen MR) is 119 cm³/mol. The van der Waals surface area contributed by atoms with E-state index < -0.39 is 16.7 Å². The van der Waals surface area contributed by atoms with Crippen molar-refractivity contribution in [1.82, 2.24) is 10.6 Å². The van der Waals surface area contributed by atoms with Gasteiger partial charge in [0.2, 0.25) is 0 Å². The van der Waals surface area contributed by atoms with Crippen LogP contribution in [0.3, 0.4) is 0 Å². The molecular weight excluding hydrogens is 410 g/mol. The largest absolute Gasteiger partial charge is 0.351 e. The van der Waals surface area contributed by atoms with E-state index >= 15 is 0 Å². The molecule has 32 heavy (non-hydrogen) atoms. The van der Waals surface area contributed by atoms with Crippen molar-refractivity contribution in [2.24, 2.45) is 10.9 Å². The van der Waals surface area contributed by atoms with Crippen LogP contribution < -0.4 is 10.6 Å². The van der Waals surface area contributed by atoms with Crippen LogP contribution in [0.5, 0.6) is 0 Å². The van der Waals surface area contributed by atoms with Gasteiger partial charge in [0.05, 0.1) is 10.6 Å². The minimum atomic E-state index is -0.594. The molecule has 0 atom stereocenters. The van der Waals surface area contributed by atoms with Crippen LogP contribution >= 0.6 is 0 Å². The van der Waals surface area contributed by atoms with E-state index in [1.54, 1.807) is 24.3 Å². The van der Waals surface area contributed by atoms with Crippen molar-refractivity contribution in [3.05, 3.63) is 80.9 Å². The summed E-state index contributed by atoms with van der Waals surface area (Å²) in [5.74, 6) is -0.569. The predicted octanol–water partition coefficient (Wildman–Crippen LogP) is 3.18. The van der Waals surface area contributed by atoms with Crippen molar-refractivity contribution in [3.8, 4) is 6.07 Å². The maximum atomic E-state index is 12.7. The van der Waals surface area contributed by atoms with Gasteiger partial charge >= 0.3 is 0 Å². The van der Waals surface area contributed by atoms with Crippen molar-refractivity contribution in [3.63, 3.8) is 0 Å². The fraction of sp³-hybridized carbons (Fsp3) is 0.217. The molecule has 162 valence electrons. The number of carbonyl (C=O) groups excluding carboxylic acids is 2. The van der Waals surface area contributed by atoms with Gasteiger partial charge in [0, 0.05) is 35.4 Å². The molecule has 1 heterocycles. The number of hydrogen-bond acceptors (Lipinski definition) is 6. The van der Waals surface area contributed by atoms with Crippen LogP contribution in [0.2, 0.25) is 0 Å². The van der Waals surface area contributed by atoms with Gasteiger partial charge in [-0.2, -0.15) is 5.26 Å². The second-order valence-corrected chi connectivity index (χ2v) is 7.54. The molecule has 2 aromatic rings. The Bertz CT molecular complexity index is 1190. The van der Waals surface area contributed by atoms with E-state index in [9.17, 15) is 25.0 Å². The first kappa shape index (κ1) is 22.4. The highest BCUT2D eigenvalue weighted by atomic mass is 16.6. The van der Waals surface area contributed by atoms with Gasteiger partial charge in [-0.05, 0) is 18.4 Å². The number of nitro benzene ring substituents is 1. The van der Waals surface area contributed by atoms with Gasteiger partial charge in [0.25, 0.3) is 17.5 Å². The van der Waals surface area contributed by atoms with Gasteiger partial charge in [0.15, 0.2) is 0 Å². The van der Waals surface area contributed by atoms with Crippen molar-refractivity contribution in [1.29, 1.82) is 5.26 Å². The quantitative estimate of drug-likeness (QED) is 0.313. The van der Waals surface area contributed by atoms with Crippen LogP contribution in [0, 0.1) is 27.4 Å². The Morgan fingerprint density at radius 2 is 1.88 bits per heavy atom. The van der Waals surface area contributed by atoms with Gasteiger partial charge in [-0.25, -0.2) is 4.99 Å². The summed E-state index contributed by atoms with van der Waals surface area (Å²) in [4.78, 5) is 40.0. The number of aliphatic imine (C=N–C) groups is 1. The molecule has 0 spiro atoms. The van der Waals surface area contributed by atoms with Crippen LogP contribution in [0.1, 0.15) is 41.8 Å². The SMILES string of the molecule is CC(C)CCNC(=O)C(C#N)=C1N=C(NC(=O)c2cccc([N+](=O)[O-])c2)c2ccccc21. The van der Waals surface area contributed by atoms with Gasteiger partial charge in [0.1, 0.15) is 17.5 Å². The summed E-state index contributed by atoms with van der Waals surface area (Å²) in [6, 6.07) is 14.1. The third-order valence-electron chi connectivity index (χ3n) is 4.79. The van der Waals surface area contributed by atoms with Gasteiger partial charge in [-0.15, -0.1) is 0 Å². The number of nitrogens with zero attached hydrogens (tertiary/aromatic N) is 3. The number of nitro groups is 1. The van der Waals surface area contributed by atoms with Crippen molar-refractivity contribution in [2.45, 2.75) is 20.3 Å². The maximum Gasteiger partial charge on any atom is 0.270 e. The molecule has 0 unspecified atom stereocenters. The van der Waals surface area contributed by atoms with E-state index in [4.69, 9.17) is 0 Å². The first-order valence-electron chi connectivity index (χ1n) is 9.98. The summed E-state index contributed by atoms with van der Waals surface area (Å²) in [6.45, 7) is 4.49. The molecule has 1 aliphatic heterocycles. The lowest BCUT2D eigenvalue weighted by molar-refractivity contribution is -0.384. The molecule has 0 bridgehead atoms. The number of amides is 2. The topological polar surface area (TPSA) is 137 Å². The molecular formula is C23H21N5O4. The second-order valence-electron chi connectivity index (χ2n) is 7.54. The Labute approximate surface area is 184 Å². The average molecular weight is 431 g/mol. The van der Waals surface area contributed by atoms with E-state index in [2.05, 4.69) is 15.6 Å². The molecule has 0 aromatic heterocycles. The molecule has 0 fully saturated rings. The van der Waals surface area contributed by atoms with E-state index in [0.717, 1.165) is 12.5 Å². The summed E-state index contributed by atoms with van der Waals surface area (Å²) < 4.78 is 0. The van der Waals surface area contributed by atoms with Crippen LogP contribution in [0.4, 0.5) is 5.69 Å². The fourth-order valence-corrected chi connectivity index (χ4v) is 3.13. The lowest BCUT2D eigenvalue weighted by Gasteiger charge is -2.07. The third-order valence-corrected chi connectivity index (χ3v) is 4.79. The summed E-state index contributed by atoms with van der Waals surface area (Å²) in [7, 11) is 0. The molecule has 0 aliphatic carbocycles. The minimum absolute atomic E-state index is 0.0868. The van der Waals surface area contributed by atoms with Crippen molar-refractivity contribution >= 4 is 29.0 Å². The first-order chi connectivity index (χ1) is 15.3. The van der Waals surface area contributed by atoms with Crippen LogP contribution in [0.25, 0.3) is 5.70 Å². The number of carbonyl (C=O) groups is 2. The number of benzene rings is 2. The molecule has 0 saturated heterocycles. The normalized spacial score (nSPS) is 13.6. The Kier molecular flexibility index (Phi) is 6.75. The number of amidine groups is 1. The Morgan fingerprint density at radius 3 is 2.53 bits per heavy atom. The zero-order chi connectivity index (χ0) is 23.3. The molecule has 2 N–H and O–H groups in total. The molecule has 2 amide bonds. The molecule has 0 saturated carbocycles. The second kappa shape index (κ2) is 9.66. The molecule has 2 aromatic carbocycles. The number of rotatable bonds is 6. The highest BCUT2D eigenvalue weighted by molar-refractivity contribution is 6.20. The first-order valence-corrected chi connectivity index (χ1v) is 9.98. The van der Waals surface area contributed by atoms with Crippen LogP contribution in [-0.4, -0.2) is 29.1 Å². The monoisotopic (exact) mass is 431 g/mol. The minimum Gasteiger partial charge on any atom is -0.351 e. The standard InChI is InChI=1S/C23H21N5O4/c1-14(2)10-11-25-23(30)19(13-24)20-17-8-3-4-9-18(17)21(26-20)27-22(29)15-6-5-7-16(12-15)28(31)32/h3-9,12,14H,10-11H2,1-2H3,(H,25,30)(H,26,27,29). The lowest BCUT2D eigenvalue weighted by atomic mass is 10.0. The number of nitrogens with one attached hydrogen (secondary N) is 2. The number of hydrogen-bond donors (Lipinski definition) is 2. The summed E-state index contributed by atoms with van der Waals surface area (Å²) in [5, 5.41) is 26.0. The summed E-state index contributed by atoms with van der Waals surface area (Å²) in [5.41, 5.74) is 0.974. The number of nitriles is 1. The molecule has 1 aliphatic rings. The lowest BCUT2D eigenvalue weighted by Crippen LogP contribution is -2.30. The van der Waals surface area contributed by atoms with Gasteiger partial charge in [-0.3, -0.25) is 19.7 Å². The van der Waals surface area contributed by atoms with Crippen molar-refractivity contribution < 1.29 is 14.5 Å².